The zero-order valence-electron chi connectivity index (χ0n) is 9.87. The molecule has 0 bridgehead atoms. The van der Waals surface area contributed by atoms with E-state index in [0.29, 0.717) is 6.42 Å². The van der Waals surface area contributed by atoms with Crippen LogP contribution >= 0.6 is 0 Å². The van der Waals surface area contributed by atoms with E-state index in [1.165, 1.54) is 16.6 Å². The minimum absolute atomic E-state index is 0.0298. The highest BCUT2D eigenvalue weighted by molar-refractivity contribution is 7.89. The summed E-state index contributed by atoms with van der Waals surface area (Å²) in [5.41, 5.74) is -0.574. The van der Waals surface area contributed by atoms with Crippen LogP contribution in [0, 0.1) is 0 Å². The van der Waals surface area contributed by atoms with E-state index in [4.69, 9.17) is 0 Å². The lowest BCUT2D eigenvalue weighted by Gasteiger charge is -2.29. The van der Waals surface area contributed by atoms with Crippen LogP contribution in [-0.2, 0) is 10.0 Å². The standard InChI is InChI=1S/C11H16N2O3S/c1-11(2)7-9(14)8-13(11)17(15,16)10-5-3-4-6-12-10/h3-6,9,14H,7-8H2,1-2H3. The predicted molar refractivity (Wildman–Crippen MR) is 62.8 cm³/mol. The Morgan fingerprint density at radius 2 is 2.18 bits per heavy atom. The van der Waals surface area contributed by atoms with Crippen LogP contribution in [0.2, 0.25) is 0 Å². The molecule has 1 aliphatic heterocycles. The van der Waals surface area contributed by atoms with Crippen molar-refractivity contribution in [2.45, 2.75) is 36.9 Å². The molecule has 1 atom stereocenters. The monoisotopic (exact) mass is 256 g/mol. The summed E-state index contributed by atoms with van der Waals surface area (Å²) < 4.78 is 26.0. The van der Waals surface area contributed by atoms with Gasteiger partial charge in [0.2, 0.25) is 0 Å². The van der Waals surface area contributed by atoms with Gasteiger partial charge in [-0.3, -0.25) is 0 Å². The van der Waals surface area contributed by atoms with Crippen molar-refractivity contribution in [1.82, 2.24) is 9.29 Å². The van der Waals surface area contributed by atoms with E-state index < -0.39 is 21.7 Å². The average molecular weight is 256 g/mol. The zero-order chi connectivity index (χ0) is 12.7. The van der Waals surface area contributed by atoms with Gasteiger partial charge in [0.15, 0.2) is 5.03 Å². The Morgan fingerprint density at radius 1 is 1.47 bits per heavy atom. The lowest BCUT2D eigenvalue weighted by molar-refractivity contribution is 0.187. The second-order valence-corrected chi connectivity index (χ2v) is 6.68. The number of sulfonamides is 1. The van der Waals surface area contributed by atoms with Crippen molar-refractivity contribution < 1.29 is 13.5 Å². The van der Waals surface area contributed by atoms with E-state index in [-0.39, 0.29) is 11.6 Å². The minimum Gasteiger partial charge on any atom is -0.392 e. The Morgan fingerprint density at radius 3 is 2.65 bits per heavy atom. The summed E-state index contributed by atoms with van der Waals surface area (Å²) in [4.78, 5) is 3.87. The van der Waals surface area contributed by atoms with Gasteiger partial charge in [-0.1, -0.05) is 6.07 Å². The number of hydrogen-bond donors (Lipinski definition) is 1. The number of β-amino-alcohol motifs (C(OH)–C–C–N with tert-alkyl or cyclic N) is 1. The molecule has 94 valence electrons. The summed E-state index contributed by atoms with van der Waals surface area (Å²) in [5.74, 6) is 0. The molecule has 1 unspecified atom stereocenters. The summed E-state index contributed by atoms with van der Waals surface area (Å²) in [6.07, 6.45) is 1.29. The van der Waals surface area contributed by atoms with Crippen molar-refractivity contribution >= 4 is 10.0 Å². The van der Waals surface area contributed by atoms with Crippen LogP contribution in [-0.4, -0.2) is 41.0 Å². The van der Waals surface area contributed by atoms with Gasteiger partial charge in [0.1, 0.15) is 0 Å². The maximum Gasteiger partial charge on any atom is 0.261 e. The molecule has 0 aliphatic carbocycles. The molecule has 0 aromatic carbocycles. The molecule has 1 aromatic rings. The summed E-state index contributed by atoms with van der Waals surface area (Å²) in [5, 5.41) is 9.65. The Bertz CT molecular complexity index is 499. The molecule has 6 heteroatoms. The summed E-state index contributed by atoms with van der Waals surface area (Å²) >= 11 is 0. The van der Waals surface area contributed by atoms with Crippen LogP contribution in [0.4, 0.5) is 0 Å². The second kappa shape index (κ2) is 4.04. The first-order valence-electron chi connectivity index (χ1n) is 5.46. The maximum atomic E-state index is 12.3. The molecule has 5 nitrogen and oxygen atoms in total. The van der Waals surface area contributed by atoms with Gasteiger partial charge in [-0.15, -0.1) is 0 Å². The van der Waals surface area contributed by atoms with Gasteiger partial charge < -0.3 is 5.11 Å². The molecule has 0 saturated carbocycles. The molecule has 17 heavy (non-hydrogen) atoms. The topological polar surface area (TPSA) is 70.5 Å². The van der Waals surface area contributed by atoms with Crippen LogP contribution in [0.15, 0.2) is 29.4 Å². The number of rotatable bonds is 2. The quantitative estimate of drug-likeness (QED) is 0.842. The zero-order valence-corrected chi connectivity index (χ0v) is 10.7. The van der Waals surface area contributed by atoms with Crippen molar-refractivity contribution in [2.24, 2.45) is 0 Å². The van der Waals surface area contributed by atoms with Crippen LogP contribution in [0.5, 0.6) is 0 Å². The van der Waals surface area contributed by atoms with E-state index in [1.807, 2.05) is 13.8 Å². The highest BCUT2D eigenvalue weighted by atomic mass is 32.2. The molecule has 0 spiro atoms. The lowest BCUT2D eigenvalue weighted by atomic mass is 10.0. The first-order chi connectivity index (χ1) is 7.84. The van der Waals surface area contributed by atoms with Crippen molar-refractivity contribution in [2.75, 3.05) is 6.54 Å². The van der Waals surface area contributed by atoms with Crippen LogP contribution in [0.1, 0.15) is 20.3 Å². The molecule has 1 aliphatic rings. The van der Waals surface area contributed by atoms with E-state index in [9.17, 15) is 13.5 Å². The van der Waals surface area contributed by atoms with Crippen molar-refractivity contribution in [1.29, 1.82) is 0 Å². The van der Waals surface area contributed by atoms with Gasteiger partial charge in [0, 0.05) is 18.3 Å². The van der Waals surface area contributed by atoms with Crippen molar-refractivity contribution in [3.05, 3.63) is 24.4 Å². The summed E-state index contributed by atoms with van der Waals surface area (Å²) in [6, 6.07) is 4.78. The highest BCUT2D eigenvalue weighted by Gasteiger charge is 2.45. The van der Waals surface area contributed by atoms with Gasteiger partial charge in [-0.05, 0) is 32.4 Å². The molecular formula is C11H16N2O3S. The van der Waals surface area contributed by atoms with Crippen LogP contribution in [0.25, 0.3) is 0 Å². The SMILES string of the molecule is CC1(C)CC(O)CN1S(=O)(=O)c1ccccn1. The number of aliphatic hydroxyl groups excluding tert-OH is 1. The fraction of sp³-hybridized carbons (Fsp3) is 0.545. The largest absolute Gasteiger partial charge is 0.392 e. The third-order valence-electron chi connectivity index (χ3n) is 2.98. The number of nitrogens with zero attached hydrogens (tertiary/aromatic N) is 2. The molecule has 0 radical (unpaired) electrons. The van der Waals surface area contributed by atoms with Gasteiger partial charge in [0.05, 0.1) is 6.10 Å². The normalized spacial score (nSPS) is 25.0. The first-order valence-corrected chi connectivity index (χ1v) is 6.90. The van der Waals surface area contributed by atoms with Crippen molar-refractivity contribution in [3.8, 4) is 0 Å². The number of aliphatic hydroxyl groups is 1. The fourth-order valence-electron chi connectivity index (χ4n) is 2.22. The maximum absolute atomic E-state index is 12.3. The van der Waals surface area contributed by atoms with E-state index in [1.54, 1.807) is 12.1 Å². The fourth-order valence-corrected chi connectivity index (χ4v) is 3.98. The third kappa shape index (κ3) is 2.20. The molecule has 0 amide bonds. The van der Waals surface area contributed by atoms with Gasteiger partial charge in [-0.25, -0.2) is 13.4 Å². The number of aromatic nitrogens is 1. The second-order valence-electron chi connectivity index (χ2n) is 4.87. The van der Waals surface area contributed by atoms with Crippen LogP contribution < -0.4 is 0 Å². The average Bonchev–Trinajstić information content (AvgIpc) is 2.54. The predicted octanol–water partition coefficient (Wildman–Crippen LogP) is 0.615. The van der Waals surface area contributed by atoms with Gasteiger partial charge in [-0.2, -0.15) is 4.31 Å². The van der Waals surface area contributed by atoms with E-state index in [2.05, 4.69) is 4.98 Å². The summed E-state index contributed by atoms with van der Waals surface area (Å²) in [6.45, 7) is 3.75. The van der Waals surface area contributed by atoms with Crippen LogP contribution in [0.3, 0.4) is 0 Å². The molecule has 1 fully saturated rings. The molecular weight excluding hydrogens is 240 g/mol. The smallest absolute Gasteiger partial charge is 0.261 e. The first kappa shape index (κ1) is 12.5. The van der Waals surface area contributed by atoms with Gasteiger partial charge in [0.25, 0.3) is 10.0 Å². The molecule has 2 heterocycles. The lowest BCUT2D eigenvalue weighted by Crippen LogP contribution is -2.42. The Kier molecular flexibility index (Phi) is 2.97. The Balaban J connectivity index is 2.41. The highest BCUT2D eigenvalue weighted by Crippen LogP contribution is 2.33. The summed E-state index contributed by atoms with van der Waals surface area (Å²) in [7, 11) is -3.62. The molecule has 2 rings (SSSR count). The minimum atomic E-state index is -3.62. The van der Waals surface area contributed by atoms with E-state index in [0.717, 1.165) is 0 Å². The number of pyridine rings is 1. The Labute approximate surface area is 101 Å². The van der Waals surface area contributed by atoms with Gasteiger partial charge >= 0.3 is 0 Å². The molecule has 1 N–H and O–H groups in total. The molecule has 1 saturated heterocycles. The van der Waals surface area contributed by atoms with E-state index >= 15 is 0 Å². The third-order valence-corrected chi connectivity index (χ3v) is 4.97. The molecule has 1 aromatic heterocycles. The number of hydrogen-bond acceptors (Lipinski definition) is 4. The Hall–Kier alpha value is -0.980. The van der Waals surface area contributed by atoms with Crippen molar-refractivity contribution in [3.63, 3.8) is 0 Å².